The van der Waals surface area contributed by atoms with Gasteiger partial charge < -0.3 is 0 Å². The highest BCUT2D eigenvalue weighted by Gasteiger charge is 2.16. The van der Waals surface area contributed by atoms with Crippen LogP contribution in [0, 0.1) is 18.7 Å². The number of piperidine rings is 1. The molecule has 1 saturated heterocycles. The van der Waals surface area contributed by atoms with Crippen molar-refractivity contribution in [3.05, 3.63) is 35.1 Å². The second-order valence-corrected chi connectivity index (χ2v) is 5.05. The lowest BCUT2D eigenvalue weighted by molar-refractivity contribution is 0.183. The molecule has 2 rings (SSSR count). The van der Waals surface area contributed by atoms with Gasteiger partial charge in [0.1, 0.15) is 5.82 Å². The molecule has 88 valence electrons. The summed E-state index contributed by atoms with van der Waals surface area (Å²) in [6.07, 6.45) is 2.49. The molecule has 1 nitrogen and oxygen atoms in total. The Balaban J connectivity index is 1.98. The van der Waals surface area contributed by atoms with E-state index in [4.69, 9.17) is 0 Å². The minimum Gasteiger partial charge on any atom is -0.299 e. The van der Waals surface area contributed by atoms with Crippen LogP contribution in [0.5, 0.6) is 0 Å². The molecule has 16 heavy (non-hydrogen) atoms. The van der Waals surface area contributed by atoms with Crippen molar-refractivity contribution in [1.29, 1.82) is 0 Å². The van der Waals surface area contributed by atoms with Crippen LogP contribution in [0.15, 0.2) is 18.2 Å². The molecular formula is C14H20FN. The molecule has 0 amide bonds. The SMILES string of the molecule is Cc1ccc(CN2CCC(C)CC2)c(F)c1. The summed E-state index contributed by atoms with van der Waals surface area (Å²) in [5.74, 6) is 0.776. The van der Waals surface area contributed by atoms with Crippen LogP contribution in [0.25, 0.3) is 0 Å². The summed E-state index contributed by atoms with van der Waals surface area (Å²) < 4.78 is 13.7. The van der Waals surface area contributed by atoms with Gasteiger partial charge in [-0.1, -0.05) is 19.1 Å². The molecule has 1 aliphatic heterocycles. The van der Waals surface area contributed by atoms with Crippen molar-refractivity contribution in [3.63, 3.8) is 0 Å². The minimum atomic E-state index is -0.0568. The Kier molecular flexibility index (Phi) is 3.59. The summed E-state index contributed by atoms with van der Waals surface area (Å²) in [7, 11) is 0. The molecule has 2 heteroatoms. The zero-order valence-electron chi connectivity index (χ0n) is 10.2. The van der Waals surface area contributed by atoms with Crippen LogP contribution >= 0.6 is 0 Å². The van der Waals surface area contributed by atoms with Gasteiger partial charge in [-0.15, -0.1) is 0 Å². The van der Waals surface area contributed by atoms with Gasteiger partial charge >= 0.3 is 0 Å². The maximum atomic E-state index is 13.7. The average Bonchev–Trinajstić information content (AvgIpc) is 2.25. The van der Waals surface area contributed by atoms with E-state index in [1.807, 2.05) is 19.1 Å². The summed E-state index contributed by atoms with van der Waals surface area (Å²) in [5, 5.41) is 0. The van der Waals surface area contributed by atoms with Crippen LogP contribution in [0.1, 0.15) is 30.9 Å². The Morgan fingerprint density at radius 1 is 1.31 bits per heavy atom. The predicted octanol–water partition coefficient (Wildman–Crippen LogP) is 3.37. The van der Waals surface area contributed by atoms with Crippen LogP contribution < -0.4 is 0 Å². The maximum Gasteiger partial charge on any atom is 0.127 e. The normalized spacial score (nSPS) is 18.9. The molecule has 0 radical (unpaired) electrons. The van der Waals surface area contributed by atoms with Gasteiger partial charge in [-0.05, 0) is 50.4 Å². The number of hydrogen-bond donors (Lipinski definition) is 0. The van der Waals surface area contributed by atoms with E-state index in [-0.39, 0.29) is 5.82 Å². The van der Waals surface area contributed by atoms with Gasteiger partial charge in [-0.25, -0.2) is 4.39 Å². The van der Waals surface area contributed by atoms with Gasteiger partial charge in [-0.2, -0.15) is 0 Å². The quantitative estimate of drug-likeness (QED) is 0.740. The lowest BCUT2D eigenvalue weighted by Gasteiger charge is -2.30. The molecule has 1 heterocycles. The first kappa shape index (κ1) is 11.6. The van der Waals surface area contributed by atoms with Crippen molar-refractivity contribution < 1.29 is 4.39 Å². The van der Waals surface area contributed by atoms with Gasteiger partial charge in [0, 0.05) is 12.1 Å². The largest absolute Gasteiger partial charge is 0.299 e. The average molecular weight is 221 g/mol. The first-order valence-corrected chi connectivity index (χ1v) is 6.12. The van der Waals surface area contributed by atoms with Gasteiger partial charge in [0.2, 0.25) is 0 Å². The number of aryl methyl sites for hydroxylation is 1. The highest BCUT2D eigenvalue weighted by molar-refractivity contribution is 5.23. The highest BCUT2D eigenvalue weighted by Crippen LogP contribution is 2.19. The molecule has 1 fully saturated rings. The summed E-state index contributed by atoms with van der Waals surface area (Å²) in [6.45, 7) is 7.20. The fourth-order valence-electron chi connectivity index (χ4n) is 2.24. The van der Waals surface area contributed by atoms with Crippen molar-refractivity contribution in [3.8, 4) is 0 Å². The third-order valence-corrected chi connectivity index (χ3v) is 3.48. The third-order valence-electron chi connectivity index (χ3n) is 3.48. The summed E-state index contributed by atoms with van der Waals surface area (Å²) >= 11 is 0. The summed E-state index contributed by atoms with van der Waals surface area (Å²) in [6, 6.07) is 5.54. The second kappa shape index (κ2) is 4.96. The van der Waals surface area contributed by atoms with E-state index in [2.05, 4.69) is 11.8 Å². The minimum absolute atomic E-state index is 0.0568. The topological polar surface area (TPSA) is 3.24 Å². The van der Waals surface area contributed by atoms with Crippen LogP contribution in [-0.4, -0.2) is 18.0 Å². The molecule has 0 atom stereocenters. The molecule has 0 aromatic heterocycles. The van der Waals surface area contributed by atoms with Crippen molar-refractivity contribution in [1.82, 2.24) is 4.90 Å². The number of nitrogens with zero attached hydrogens (tertiary/aromatic N) is 1. The van der Waals surface area contributed by atoms with E-state index < -0.39 is 0 Å². The fraction of sp³-hybridized carbons (Fsp3) is 0.571. The molecule has 0 N–H and O–H groups in total. The Morgan fingerprint density at radius 2 is 2.00 bits per heavy atom. The smallest absolute Gasteiger partial charge is 0.127 e. The zero-order chi connectivity index (χ0) is 11.5. The third kappa shape index (κ3) is 2.82. The first-order chi connectivity index (χ1) is 7.65. The molecule has 1 aromatic carbocycles. The first-order valence-electron chi connectivity index (χ1n) is 6.12. The molecule has 0 unspecified atom stereocenters. The Morgan fingerprint density at radius 3 is 2.62 bits per heavy atom. The van der Waals surface area contributed by atoms with Gasteiger partial charge in [0.15, 0.2) is 0 Å². The highest BCUT2D eigenvalue weighted by atomic mass is 19.1. The predicted molar refractivity (Wildman–Crippen MR) is 64.8 cm³/mol. The molecule has 0 bridgehead atoms. The van der Waals surface area contributed by atoms with E-state index in [1.54, 1.807) is 6.07 Å². The lowest BCUT2D eigenvalue weighted by Crippen LogP contribution is -2.32. The van der Waals surface area contributed by atoms with E-state index in [0.29, 0.717) is 0 Å². The molecule has 1 aromatic rings. The van der Waals surface area contributed by atoms with Crippen LogP contribution in [-0.2, 0) is 6.54 Å². The Hall–Kier alpha value is -0.890. The monoisotopic (exact) mass is 221 g/mol. The van der Waals surface area contributed by atoms with Crippen LogP contribution in [0.2, 0.25) is 0 Å². The Labute approximate surface area is 97.3 Å². The summed E-state index contributed by atoms with van der Waals surface area (Å²) in [5.41, 5.74) is 1.83. The number of benzene rings is 1. The van der Waals surface area contributed by atoms with E-state index in [9.17, 15) is 4.39 Å². The van der Waals surface area contributed by atoms with Crippen molar-refractivity contribution in [2.75, 3.05) is 13.1 Å². The fourth-order valence-corrected chi connectivity index (χ4v) is 2.24. The van der Waals surface area contributed by atoms with E-state index in [0.717, 1.165) is 36.7 Å². The van der Waals surface area contributed by atoms with Gasteiger partial charge in [0.05, 0.1) is 0 Å². The molecule has 0 saturated carbocycles. The lowest BCUT2D eigenvalue weighted by atomic mass is 9.99. The van der Waals surface area contributed by atoms with Crippen LogP contribution in [0.3, 0.4) is 0 Å². The number of likely N-dealkylation sites (tertiary alicyclic amines) is 1. The van der Waals surface area contributed by atoms with Crippen LogP contribution in [0.4, 0.5) is 4.39 Å². The number of halogens is 1. The van der Waals surface area contributed by atoms with Crippen molar-refractivity contribution in [2.45, 2.75) is 33.2 Å². The molecule has 0 aliphatic carbocycles. The van der Waals surface area contributed by atoms with E-state index >= 15 is 0 Å². The molecular weight excluding hydrogens is 201 g/mol. The van der Waals surface area contributed by atoms with E-state index in [1.165, 1.54) is 12.8 Å². The van der Waals surface area contributed by atoms with Gasteiger partial charge in [-0.3, -0.25) is 4.90 Å². The summed E-state index contributed by atoms with van der Waals surface area (Å²) in [4.78, 5) is 2.35. The Bertz CT molecular complexity index is 354. The second-order valence-electron chi connectivity index (χ2n) is 5.05. The van der Waals surface area contributed by atoms with Crippen molar-refractivity contribution in [2.24, 2.45) is 5.92 Å². The number of rotatable bonds is 2. The van der Waals surface area contributed by atoms with Crippen molar-refractivity contribution >= 4 is 0 Å². The maximum absolute atomic E-state index is 13.7. The zero-order valence-corrected chi connectivity index (χ0v) is 10.2. The number of hydrogen-bond acceptors (Lipinski definition) is 1. The van der Waals surface area contributed by atoms with Gasteiger partial charge in [0.25, 0.3) is 0 Å². The molecule has 0 spiro atoms. The standard InChI is InChI=1S/C14H20FN/c1-11-5-7-16(8-6-11)10-13-4-3-12(2)9-14(13)15/h3-4,9,11H,5-8,10H2,1-2H3. The molecule has 1 aliphatic rings.